The molecule has 0 bridgehead atoms. The number of unbranched alkanes of at least 4 members (excludes halogenated alkanes) is 60. The molecule has 17 unspecified atom stereocenters. The number of hydrogen-bond donors (Lipinski definition) is 12. The van der Waals surface area contributed by atoms with Gasteiger partial charge in [-0.05, 0) is 57.8 Å². The molecule has 1 amide bonds. The van der Waals surface area contributed by atoms with Crippen molar-refractivity contribution in [2.45, 2.75) is 535 Å². The Hall–Kier alpha value is -1.99. The summed E-state index contributed by atoms with van der Waals surface area (Å²) in [5.74, 6) is -0.276. The molecule has 0 saturated carbocycles. The summed E-state index contributed by atoms with van der Waals surface area (Å²) in [5, 5.41) is 121. The number of carbonyl (C=O) groups is 1. The van der Waals surface area contributed by atoms with Gasteiger partial charge in [0.2, 0.25) is 5.91 Å². The first kappa shape index (κ1) is 106. The third kappa shape index (κ3) is 52.4. The molecule has 0 spiro atoms. The Morgan fingerprint density at radius 2 is 0.561 bits per heavy atom. The molecule has 114 heavy (non-hydrogen) atoms. The Kier molecular flexibility index (Phi) is 69.7. The lowest BCUT2D eigenvalue weighted by atomic mass is 9.96. The molecule has 0 aliphatic carbocycles. The first-order valence-corrected chi connectivity index (χ1v) is 48.2. The molecule has 3 aliphatic heterocycles. The van der Waals surface area contributed by atoms with Gasteiger partial charge in [-0.25, -0.2) is 0 Å². The van der Waals surface area contributed by atoms with Gasteiger partial charge >= 0.3 is 0 Å². The zero-order valence-electron chi connectivity index (χ0n) is 72.8. The minimum absolute atomic E-state index is 0.241. The van der Waals surface area contributed by atoms with Crippen LogP contribution in [-0.2, 0) is 33.2 Å². The Morgan fingerprint density at radius 1 is 0.307 bits per heavy atom. The topological polar surface area (TPSA) is 307 Å². The van der Waals surface area contributed by atoms with E-state index in [-0.39, 0.29) is 18.9 Å². The quantitative estimate of drug-likeness (QED) is 0.0199. The molecule has 0 radical (unpaired) electrons. The summed E-state index contributed by atoms with van der Waals surface area (Å²) >= 11 is 0. The van der Waals surface area contributed by atoms with Crippen LogP contribution in [0.3, 0.4) is 0 Å². The van der Waals surface area contributed by atoms with Crippen LogP contribution in [0.5, 0.6) is 0 Å². The van der Waals surface area contributed by atoms with E-state index in [2.05, 4.69) is 43.5 Å². The van der Waals surface area contributed by atoms with Crippen LogP contribution in [0.25, 0.3) is 0 Å². The molecule has 3 heterocycles. The molecule has 3 aliphatic rings. The third-order valence-corrected chi connectivity index (χ3v) is 24.2. The summed E-state index contributed by atoms with van der Waals surface area (Å²) < 4.78 is 34.5. The van der Waals surface area contributed by atoms with Crippen molar-refractivity contribution in [2.24, 2.45) is 0 Å². The normalized spacial score (nSPS) is 24.8. The van der Waals surface area contributed by atoms with E-state index in [0.29, 0.717) is 12.8 Å². The van der Waals surface area contributed by atoms with E-state index >= 15 is 0 Å². The maximum atomic E-state index is 13.5. The van der Waals surface area contributed by atoms with Gasteiger partial charge in [0.25, 0.3) is 0 Å². The number of carbonyl (C=O) groups excluding carboxylic acids is 1. The number of aliphatic hydroxyl groups excluding tert-OH is 11. The Balaban J connectivity index is 1.29. The first-order valence-electron chi connectivity index (χ1n) is 48.2. The lowest BCUT2D eigenvalue weighted by Gasteiger charge is -2.48. The predicted molar refractivity (Wildman–Crippen MR) is 462 cm³/mol. The summed E-state index contributed by atoms with van der Waals surface area (Å²) in [6.45, 7) is 1.79. The summed E-state index contributed by atoms with van der Waals surface area (Å²) in [5.41, 5.74) is 0. The number of aliphatic hydroxyl groups is 11. The maximum Gasteiger partial charge on any atom is 0.220 e. The van der Waals surface area contributed by atoms with Gasteiger partial charge in [0.1, 0.15) is 73.2 Å². The van der Waals surface area contributed by atoms with Gasteiger partial charge in [0.05, 0.1) is 38.6 Å². The standard InChI is InChI=1S/C95H179NO18/c1-3-5-7-9-11-13-15-17-19-21-23-25-27-29-31-33-34-35-36-37-38-39-40-41-42-43-44-45-47-49-51-53-55-57-59-61-63-65-67-69-71-73-83(101)96-78(79(100)72-70-68-66-64-62-60-58-56-54-52-50-48-46-32-30-28-26-24-22-20-18-16-14-12-10-8-6-4-2)77-109-93-89(107)86(104)91(81(75-98)111-93)114-95-90(108)87(105)92(82(76-99)112-95)113-94-88(106)85(103)84(102)80(74-97)110-94/h21,23,62,64,70,72,78-82,84-95,97-100,102-108H,3-20,22,24-61,63,65-69,71,73-77H2,1-2H3,(H,96,101)/b23-21-,64-62+,72-70+. The number of ether oxygens (including phenoxy) is 6. The second-order valence-corrected chi connectivity index (χ2v) is 34.5. The highest BCUT2D eigenvalue weighted by Gasteiger charge is 2.54. The number of hydrogen-bond acceptors (Lipinski definition) is 18. The van der Waals surface area contributed by atoms with Crippen molar-refractivity contribution < 1.29 is 89.4 Å². The summed E-state index contributed by atoms with van der Waals surface area (Å²) in [4.78, 5) is 13.5. The van der Waals surface area contributed by atoms with E-state index in [9.17, 15) is 61.0 Å². The molecule has 3 fully saturated rings. The molecule has 0 aromatic carbocycles. The highest BCUT2D eigenvalue weighted by Crippen LogP contribution is 2.34. The molecule has 0 aromatic heterocycles. The molecule has 3 rings (SSSR count). The van der Waals surface area contributed by atoms with Gasteiger partial charge in [0, 0.05) is 6.42 Å². The monoisotopic (exact) mass is 1620 g/mol. The molecule has 672 valence electrons. The predicted octanol–water partition coefficient (Wildman–Crippen LogP) is 19.4. The van der Waals surface area contributed by atoms with E-state index in [0.717, 1.165) is 38.5 Å². The zero-order chi connectivity index (χ0) is 82.4. The fraction of sp³-hybridized carbons (Fsp3) is 0.926. The Morgan fingerprint density at radius 3 is 0.877 bits per heavy atom. The van der Waals surface area contributed by atoms with Crippen molar-refractivity contribution in [3.05, 3.63) is 36.5 Å². The SMILES string of the molecule is CCCCCCCCCC/C=C\CCCCCCCCCCCCCCCCCCCCCCCCCCCCCCCC(=O)NC(COC1OC(CO)C(OC2OC(CO)C(OC3OC(CO)C(O)C(O)C3O)C(O)C2O)C(O)C1O)C(O)/C=C/CC/C=C/CCCCCCCCCCCCCCCCCCCCCCCC. The maximum absolute atomic E-state index is 13.5. The number of rotatable bonds is 80. The van der Waals surface area contributed by atoms with Crippen LogP contribution in [0.4, 0.5) is 0 Å². The van der Waals surface area contributed by atoms with Gasteiger partial charge in [0.15, 0.2) is 18.9 Å². The number of amides is 1. The van der Waals surface area contributed by atoms with E-state index < -0.39 is 124 Å². The van der Waals surface area contributed by atoms with Crippen molar-refractivity contribution >= 4 is 5.91 Å². The van der Waals surface area contributed by atoms with Crippen molar-refractivity contribution in [1.82, 2.24) is 5.32 Å². The van der Waals surface area contributed by atoms with E-state index in [4.69, 9.17) is 28.4 Å². The van der Waals surface area contributed by atoms with E-state index in [1.807, 2.05) is 6.08 Å². The minimum atomic E-state index is -1.98. The highest BCUT2D eigenvalue weighted by molar-refractivity contribution is 5.76. The number of allylic oxidation sites excluding steroid dienone is 5. The smallest absolute Gasteiger partial charge is 0.220 e. The zero-order valence-corrected chi connectivity index (χ0v) is 72.8. The molecule has 0 aromatic rings. The molecule has 19 heteroatoms. The average molecular weight is 1620 g/mol. The van der Waals surface area contributed by atoms with Gasteiger partial charge < -0.3 is 89.9 Å². The lowest BCUT2D eigenvalue weighted by molar-refractivity contribution is -0.379. The summed E-state index contributed by atoms with van der Waals surface area (Å²) in [6, 6.07) is -0.991. The van der Waals surface area contributed by atoms with E-state index in [1.54, 1.807) is 6.08 Å². The molecular weight excluding hydrogens is 1440 g/mol. The fourth-order valence-electron chi connectivity index (χ4n) is 16.5. The second kappa shape index (κ2) is 74.8. The van der Waals surface area contributed by atoms with E-state index in [1.165, 1.54) is 360 Å². The summed E-state index contributed by atoms with van der Waals surface area (Å²) in [7, 11) is 0. The van der Waals surface area contributed by atoms with Crippen molar-refractivity contribution in [3.8, 4) is 0 Å². The van der Waals surface area contributed by atoms with Crippen molar-refractivity contribution in [3.63, 3.8) is 0 Å². The first-order chi connectivity index (χ1) is 55.8. The van der Waals surface area contributed by atoms with Crippen LogP contribution >= 0.6 is 0 Å². The van der Waals surface area contributed by atoms with Crippen LogP contribution < -0.4 is 5.32 Å². The fourth-order valence-corrected chi connectivity index (χ4v) is 16.5. The Bertz CT molecular complexity index is 2190. The van der Waals surface area contributed by atoms with Crippen LogP contribution in [0.2, 0.25) is 0 Å². The number of nitrogens with one attached hydrogen (secondary N) is 1. The minimum Gasteiger partial charge on any atom is -0.394 e. The van der Waals surface area contributed by atoms with Gasteiger partial charge in [-0.3, -0.25) is 4.79 Å². The molecule has 12 N–H and O–H groups in total. The van der Waals surface area contributed by atoms with Crippen LogP contribution in [0.15, 0.2) is 36.5 Å². The summed E-state index contributed by atoms with van der Waals surface area (Å²) in [6.07, 6.45) is 70.5. The van der Waals surface area contributed by atoms with Gasteiger partial charge in [-0.1, -0.05) is 403 Å². The Labute approximate surface area is 695 Å². The van der Waals surface area contributed by atoms with Crippen LogP contribution in [0.1, 0.15) is 431 Å². The largest absolute Gasteiger partial charge is 0.394 e. The van der Waals surface area contributed by atoms with Crippen molar-refractivity contribution in [1.29, 1.82) is 0 Å². The second-order valence-electron chi connectivity index (χ2n) is 34.5. The highest BCUT2D eigenvalue weighted by atomic mass is 16.8. The molecule has 19 nitrogen and oxygen atoms in total. The molecule has 17 atom stereocenters. The molecular formula is C95H179NO18. The van der Waals surface area contributed by atoms with Gasteiger partial charge in [-0.2, -0.15) is 0 Å². The average Bonchev–Trinajstić information content (AvgIpc) is 0.782. The van der Waals surface area contributed by atoms with Crippen LogP contribution in [0, 0.1) is 0 Å². The van der Waals surface area contributed by atoms with Crippen LogP contribution in [-0.4, -0.2) is 193 Å². The third-order valence-electron chi connectivity index (χ3n) is 24.2. The van der Waals surface area contributed by atoms with Gasteiger partial charge in [-0.15, -0.1) is 0 Å². The lowest BCUT2D eigenvalue weighted by Crippen LogP contribution is -2.66. The van der Waals surface area contributed by atoms with Crippen molar-refractivity contribution in [2.75, 3.05) is 26.4 Å². The molecule has 3 saturated heterocycles.